The van der Waals surface area contributed by atoms with E-state index in [4.69, 9.17) is 5.73 Å². The Morgan fingerprint density at radius 1 is 1.06 bits per heavy atom. The molecule has 1 atom stereocenters. The Kier molecular flexibility index (Phi) is 5.29. The third kappa shape index (κ3) is 3.37. The zero-order chi connectivity index (χ0) is 12.8. The quantitative estimate of drug-likeness (QED) is 0.838. The maximum absolute atomic E-state index is 12.5. The zero-order valence-corrected chi connectivity index (χ0v) is 11.4. The smallest absolute Gasteiger partial charge is 0.320 e. The molecule has 2 N–H and O–H groups in total. The molecule has 0 aromatic heterocycles. The minimum atomic E-state index is 0.288. The summed E-state index contributed by atoms with van der Waals surface area (Å²) in [5.41, 5.74) is 5.58. The highest BCUT2D eigenvalue weighted by atomic mass is 16.2. The van der Waals surface area contributed by atoms with E-state index in [9.17, 15) is 4.79 Å². The predicted octanol–water partition coefficient (Wildman–Crippen LogP) is 2.19. The van der Waals surface area contributed by atoms with Crippen LogP contribution in [0.3, 0.4) is 0 Å². The van der Waals surface area contributed by atoms with E-state index in [2.05, 4.69) is 9.80 Å². The summed E-state index contributed by atoms with van der Waals surface area (Å²) < 4.78 is 0. The summed E-state index contributed by atoms with van der Waals surface area (Å²) in [6.45, 7) is 3.60. The van der Waals surface area contributed by atoms with Crippen molar-refractivity contribution in [3.63, 3.8) is 0 Å². The van der Waals surface area contributed by atoms with Crippen LogP contribution in [0.5, 0.6) is 0 Å². The van der Waals surface area contributed by atoms with Gasteiger partial charge < -0.3 is 15.5 Å². The highest BCUT2D eigenvalue weighted by Crippen LogP contribution is 2.23. The van der Waals surface area contributed by atoms with Crippen LogP contribution in [0.4, 0.5) is 4.79 Å². The number of hydrogen-bond donors (Lipinski definition) is 1. The molecule has 0 aromatic carbocycles. The highest BCUT2D eigenvalue weighted by Gasteiger charge is 2.31. The second-order valence-corrected chi connectivity index (χ2v) is 5.60. The van der Waals surface area contributed by atoms with E-state index in [1.807, 2.05) is 0 Å². The molecule has 4 nitrogen and oxygen atoms in total. The number of rotatable bonds is 3. The number of nitrogens with two attached hydrogens (primary N) is 1. The molecule has 104 valence electrons. The molecule has 1 unspecified atom stereocenters. The topological polar surface area (TPSA) is 49.6 Å². The summed E-state index contributed by atoms with van der Waals surface area (Å²) in [4.78, 5) is 16.7. The van der Waals surface area contributed by atoms with Gasteiger partial charge in [-0.05, 0) is 45.1 Å². The standard InChI is InChI=1S/C14H27N3O/c15-9-5-7-13-8-6-12-17(13)14(18)16-10-3-1-2-4-11-16/h13H,1-12,15H2. The Morgan fingerprint density at radius 3 is 2.44 bits per heavy atom. The Morgan fingerprint density at radius 2 is 1.78 bits per heavy atom. The van der Waals surface area contributed by atoms with Crippen molar-refractivity contribution in [3.05, 3.63) is 0 Å². The van der Waals surface area contributed by atoms with Gasteiger partial charge in [0.25, 0.3) is 0 Å². The molecule has 2 aliphatic rings. The largest absolute Gasteiger partial charge is 0.330 e. The monoisotopic (exact) mass is 253 g/mol. The van der Waals surface area contributed by atoms with Gasteiger partial charge in [-0.1, -0.05) is 12.8 Å². The van der Waals surface area contributed by atoms with Gasteiger partial charge in [-0.3, -0.25) is 0 Å². The van der Waals surface area contributed by atoms with Gasteiger partial charge in [-0.25, -0.2) is 4.79 Å². The van der Waals surface area contributed by atoms with Crippen LogP contribution in [-0.2, 0) is 0 Å². The van der Waals surface area contributed by atoms with Gasteiger partial charge in [-0.15, -0.1) is 0 Å². The lowest BCUT2D eigenvalue weighted by atomic mass is 10.1. The van der Waals surface area contributed by atoms with E-state index in [0.717, 1.165) is 45.4 Å². The van der Waals surface area contributed by atoms with Crippen LogP contribution in [-0.4, -0.2) is 48.1 Å². The average molecular weight is 253 g/mol. The fourth-order valence-electron chi connectivity index (χ4n) is 3.18. The van der Waals surface area contributed by atoms with Gasteiger partial charge in [0.2, 0.25) is 0 Å². The molecule has 0 spiro atoms. The molecule has 2 saturated heterocycles. The maximum Gasteiger partial charge on any atom is 0.320 e. The number of hydrogen-bond acceptors (Lipinski definition) is 2. The first-order valence-electron chi connectivity index (χ1n) is 7.58. The molecule has 2 rings (SSSR count). The van der Waals surface area contributed by atoms with Gasteiger partial charge in [0.05, 0.1) is 0 Å². The molecule has 2 fully saturated rings. The Labute approximate surface area is 110 Å². The first-order chi connectivity index (χ1) is 8.83. The van der Waals surface area contributed by atoms with E-state index in [-0.39, 0.29) is 6.03 Å². The maximum atomic E-state index is 12.5. The molecule has 2 aliphatic heterocycles. The summed E-state index contributed by atoms with van der Waals surface area (Å²) in [5, 5.41) is 0. The van der Waals surface area contributed by atoms with E-state index in [1.165, 1.54) is 32.1 Å². The van der Waals surface area contributed by atoms with Gasteiger partial charge in [0, 0.05) is 25.7 Å². The van der Waals surface area contributed by atoms with Crippen molar-refractivity contribution in [2.75, 3.05) is 26.2 Å². The molecular formula is C14H27N3O. The number of urea groups is 1. The minimum Gasteiger partial charge on any atom is -0.330 e. The molecule has 2 amide bonds. The van der Waals surface area contributed by atoms with Crippen molar-refractivity contribution in [2.24, 2.45) is 5.73 Å². The lowest BCUT2D eigenvalue weighted by molar-refractivity contribution is 0.147. The SMILES string of the molecule is NCCCC1CCCN1C(=O)N1CCCCCC1. The predicted molar refractivity (Wildman–Crippen MR) is 73.5 cm³/mol. The number of carbonyl (C=O) groups is 1. The third-order valence-corrected chi connectivity index (χ3v) is 4.24. The second-order valence-electron chi connectivity index (χ2n) is 5.60. The van der Waals surface area contributed by atoms with Gasteiger partial charge >= 0.3 is 6.03 Å². The van der Waals surface area contributed by atoms with E-state index in [1.54, 1.807) is 0 Å². The molecule has 0 saturated carbocycles. The van der Waals surface area contributed by atoms with Gasteiger partial charge in [0.15, 0.2) is 0 Å². The number of nitrogens with zero attached hydrogens (tertiary/aromatic N) is 2. The third-order valence-electron chi connectivity index (χ3n) is 4.24. The lowest BCUT2D eigenvalue weighted by Gasteiger charge is -2.31. The molecule has 0 bridgehead atoms. The lowest BCUT2D eigenvalue weighted by Crippen LogP contribution is -2.45. The van der Waals surface area contributed by atoms with E-state index in [0.29, 0.717) is 6.04 Å². The van der Waals surface area contributed by atoms with Crippen LogP contribution in [0, 0.1) is 0 Å². The number of carbonyl (C=O) groups excluding carboxylic acids is 1. The van der Waals surface area contributed by atoms with E-state index >= 15 is 0 Å². The summed E-state index contributed by atoms with van der Waals surface area (Å²) >= 11 is 0. The zero-order valence-electron chi connectivity index (χ0n) is 11.4. The van der Waals surface area contributed by atoms with Crippen LogP contribution in [0.1, 0.15) is 51.4 Å². The van der Waals surface area contributed by atoms with Crippen LogP contribution in [0.2, 0.25) is 0 Å². The Bertz CT molecular complexity index is 262. The van der Waals surface area contributed by atoms with Crippen LogP contribution >= 0.6 is 0 Å². The van der Waals surface area contributed by atoms with Crippen LogP contribution in [0.25, 0.3) is 0 Å². The Balaban J connectivity index is 1.89. The molecule has 0 aromatic rings. The molecule has 2 heterocycles. The van der Waals surface area contributed by atoms with Crippen LogP contribution < -0.4 is 5.73 Å². The molecule has 4 heteroatoms. The van der Waals surface area contributed by atoms with Gasteiger partial charge in [-0.2, -0.15) is 0 Å². The van der Waals surface area contributed by atoms with Crippen LogP contribution in [0.15, 0.2) is 0 Å². The number of amides is 2. The van der Waals surface area contributed by atoms with Crippen molar-refractivity contribution in [3.8, 4) is 0 Å². The molecule has 0 aliphatic carbocycles. The first-order valence-corrected chi connectivity index (χ1v) is 7.58. The second kappa shape index (κ2) is 6.98. The molecule has 18 heavy (non-hydrogen) atoms. The molecule has 0 radical (unpaired) electrons. The Hall–Kier alpha value is -0.770. The normalized spacial score (nSPS) is 25.3. The fraction of sp³-hybridized carbons (Fsp3) is 0.929. The number of likely N-dealkylation sites (tertiary alicyclic amines) is 2. The summed E-state index contributed by atoms with van der Waals surface area (Å²) in [6.07, 6.45) is 9.35. The average Bonchev–Trinajstić information content (AvgIpc) is 2.68. The molecular weight excluding hydrogens is 226 g/mol. The van der Waals surface area contributed by atoms with Crippen molar-refractivity contribution < 1.29 is 4.79 Å². The first kappa shape index (κ1) is 13.7. The van der Waals surface area contributed by atoms with Crippen molar-refractivity contribution in [1.29, 1.82) is 0 Å². The highest BCUT2D eigenvalue weighted by molar-refractivity contribution is 5.75. The van der Waals surface area contributed by atoms with E-state index < -0.39 is 0 Å². The summed E-state index contributed by atoms with van der Waals surface area (Å²) in [5.74, 6) is 0. The fourth-order valence-corrected chi connectivity index (χ4v) is 3.18. The summed E-state index contributed by atoms with van der Waals surface area (Å²) in [7, 11) is 0. The van der Waals surface area contributed by atoms with Crippen molar-refractivity contribution >= 4 is 6.03 Å². The summed E-state index contributed by atoms with van der Waals surface area (Å²) in [6, 6.07) is 0.737. The van der Waals surface area contributed by atoms with Crippen molar-refractivity contribution in [2.45, 2.75) is 57.4 Å². The van der Waals surface area contributed by atoms with Gasteiger partial charge in [0.1, 0.15) is 0 Å². The minimum absolute atomic E-state index is 0.288. The van der Waals surface area contributed by atoms with Crippen molar-refractivity contribution in [1.82, 2.24) is 9.80 Å².